The highest BCUT2D eigenvalue weighted by molar-refractivity contribution is 5.67. The van der Waals surface area contributed by atoms with Crippen LogP contribution in [0.5, 0.6) is 0 Å². The maximum atomic E-state index is 11.8. The van der Waals surface area contributed by atoms with E-state index in [1.165, 1.54) is 24.1 Å². The number of nitrogens with zero attached hydrogens (tertiary/aromatic N) is 2. The van der Waals surface area contributed by atoms with Crippen LogP contribution in [-0.4, -0.2) is 34.1 Å². The molecule has 22 heavy (non-hydrogen) atoms. The molecule has 1 unspecified atom stereocenters. The van der Waals surface area contributed by atoms with Crippen LogP contribution in [-0.2, 0) is 18.3 Å². The quantitative estimate of drug-likeness (QED) is 0.844. The molecule has 1 aromatic heterocycles. The number of rotatable bonds is 6. The Morgan fingerprint density at radius 2 is 2.18 bits per heavy atom. The van der Waals surface area contributed by atoms with Gasteiger partial charge in [0.05, 0.1) is 6.20 Å². The molecule has 0 aromatic carbocycles. The van der Waals surface area contributed by atoms with Crippen LogP contribution in [0.2, 0.25) is 0 Å². The molecule has 1 aliphatic rings. The van der Waals surface area contributed by atoms with Gasteiger partial charge in [-0.25, -0.2) is 4.79 Å². The minimum atomic E-state index is -0.459. The Morgan fingerprint density at radius 1 is 1.50 bits per heavy atom. The van der Waals surface area contributed by atoms with Gasteiger partial charge in [-0.2, -0.15) is 5.10 Å². The molecular weight excluding hydrogens is 280 g/mol. The molecule has 124 valence electrons. The van der Waals surface area contributed by atoms with Crippen LogP contribution in [0.15, 0.2) is 6.20 Å². The summed E-state index contributed by atoms with van der Waals surface area (Å²) in [5, 5.41) is 10.7. The molecule has 1 atom stereocenters. The number of carbonyl (C=O) groups excluding carboxylic acids is 1. The van der Waals surface area contributed by atoms with Gasteiger partial charge in [0.2, 0.25) is 0 Å². The molecule has 0 saturated heterocycles. The fourth-order valence-electron chi connectivity index (χ4n) is 2.37. The van der Waals surface area contributed by atoms with E-state index in [1.807, 2.05) is 38.7 Å². The lowest BCUT2D eigenvalue weighted by Gasteiger charge is -2.22. The molecule has 2 N–H and O–H groups in total. The van der Waals surface area contributed by atoms with E-state index in [1.54, 1.807) is 0 Å². The van der Waals surface area contributed by atoms with E-state index in [9.17, 15) is 4.79 Å². The average molecular weight is 308 g/mol. The van der Waals surface area contributed by atoms with E-state index in [4.69, 9.17) is 4.74 Å². The average Bonchev–Trinajstić information content (AvgIpc) is 3.18. The minimum Gasteiger partial charge on any atom is -0.444 e. The van der Waals surface area contributed by atoms with Crippen LogP contribution in [0.3, 0.4) is 0 Å². The fraction of sp³-hybridized carbons (Fsp3) is 0.750. The zero-order valence-electron chi connectivity index (χ0n) is 14.3. The molecule has 1 amide bonds. The number of alkyl carbamates (subject to hydrolysis) is 1. The predicted octanol–water partition coefficient (Wildman–Crippen LogP) is 2.12. The molecule has 0 bridgehead atoms. The van der Waals surface area contributed by atoms with E-state index in [0.717, 1.165) is 6.54 Å². The van der Waals surface area contributed by atoms with Crippen molar-refractivity contribution in [2.24, 2.45) is 13.0 Å². The molecule has 6 nitrogen and oxygen atoms in total. The van der Waals surface area contributed by atoms with Crippen LogP contribution in [0.4, 0.5) is 4.79 Å². The maximum Gasteiger partial charge on any atom is 0.407 e. The van der Waals surface area contributed by atoms with Crippen molar-refractivity contribution in [3.63, 3.8) is 0 Å². The fourth-order valence-corrected chi connectivity index (χ4v) is 2.37. The summed E-state index contributed by atoms with van der Waals surface area (Å²) in [6.07, 6.45) is 3.99. The Morgan fingerprint density at radius 3 is 2.68 bits per heavy atom. The molecule has 0 spiro atoms. The van der Waals surface area contributed by atoms with Crippen molar-refractivity contribution in [1.29, 1.82) is 0 Å². The third-order valence-electron chi connectivity index (χ3n) is 3.95. The molecule has 2 rings (SSSR count). The number of amides is 1. The lowest BCUT2D eigenvalue weighted by Crippen LogP contribution is -2.43. The van der Waals surface area contributed by atoms with Gasteiger partial charge in [0.15, 0.2) is 0 Å². The van der Waals surface area contributed by atoms with E-state index < -0.39 is 5.60 Å². The van der Waals surface area contributed by atoms with Crippen molar-refractivity contribution in [2.45, 2.75) is 58.7 Å². The van der Waals surface area contributed by atoms with Gasteiger partial charge in [0.1, 0.15) is 5.60 Å². The Hall–Kier alpha value is -1.56. The zero-order chi connectivity index (χ0) is 16.3. The van der Waals surface area contributed by atoms with Gasteiger partial charge in [-0.1, -0.05) is 0 Å². The second-order valence-electron chi connectivity index (χ2n) is 7.09. The number of nitrogens with one attached hydrogen (secondary N) is 2. The Labute approximate surface area is 132 Å². The van der Waals surface area contributed by atoms with Gasteiger partial charge in [-0.15, -0.1) is 0 Å². The van der Waals surface area contributed by atoms with Gasteiger partial charge in [-0.05, 0) is 46.5 Å². The van der Waals surface area contributed by atoms with Gasteiger partial charge < -0.3 is 15.4 Å². The molecule has 1 aliphatic carbocycles. The number of hydrogen-bond donors (Lipinski definition) is 2. The van der Waals surface area contributed by atoms with Crippen molar-refractivity contribution in [3.05, 3.63) is 17.5 Å². The highest BCUT2D eigenvalue weighted by Crippen LogP contribution is 2.32. The second kappa shape index (κ2) is 6.69. The Balaban J connectivity index is 1.81. The third-order valence-corrected chi connectivity index (χ3v) is 3.95. The second-order valence-corrected chi connectivity index (χ2v) is 7.09. The Bertz CT molecular complexity index is 515. The molecule has 1 heterocycles. The standard InChI is InChI=1S/C16H28N4O2/c1-11-13(9-19-20(11)5)8-17-14(12-6-7-12)10-18-15(21)22-16(2,3)4/h9,12,14,17H,6-8,10H2,1-5H3,(H,18,21). The summed E-state index contributed by atoms with van der Waals surface area (Å²) in [7, 11) is 1.95. The van der Waals surface area contributed by atoms with Crippen LogP contribution in [0.1, 0.15) is 44.9 Å². The lowest BCUT2D eigenvalue weighted by atomic mass is 10.1. The monoisotopic (exact) mass is 308 g/mol. The first kappa shape index (κ1) is 16.8. The first-order valence-corrected chi connectivity index (χ1v) is 7.94. The zero-order valence-corrected chi connectivity index (χ0v) is 14.3. The lowest BCUT2D eigenvalue weighted by molar-refractivity contribution is 0.0521. The van der Waals surface area contributed by atoms with Crippen LogP contribution in [0, 0.1) is 12.8 Å². The molecule has 1 saturated carbocycles. The molecule has 0 radical (unpaired) electrons. The smallest absolute Gasteiger partial charge is 0.407 e. The Kier molecular flexibility index (Phi) is 5.11. The summed E-state index contributed by atoms with van der Waals surface area (Å²) in [5.74, 6) is 0.645. The number of ether oxygens (including phenoxy) is 1. The third kappa shape index (κ3) is 5.02. The summed E-state index contributed by atoms with van der Waals surface area (Å²) >= 11 is 0. The van der Waals surface area contributed by atoms with Crippen LogP contribution in [0.25, 0.3) is 0 Å². The van der Waals surface area contributed by atoms with Gasteiger partial charge in [0.25, 0.3) is 0 Å². The van der Waals surface area contributed by atoms with Crippen LogP contribution < -0.4 is 10.6 Å². The molecule has 0 aliphatic heterocycles. The topological polar surface area (TPSA) is 68.2 Å². The van der Waals surface area contributed by atoms with Gasteiger partial charge >= 0.3 is 6.09 Å². The molecule has 6 heteroatoms. The van der Waals surface area contributed by atoms with Crippen molar-refractivity contribution in [3.8, 4) is 0 Å². The molecule has 1 aromatic rings. The normalized spacial score (nSPS) is 16.4. The number of hydrogen-bond acceptors (Lipinski definition) is 4. The summed E-state index contributed by atoms with van der Waals surface area (Å²) < 4.78 is 7.16. The summed E-state index contributed by atoms with van der Waals surface area (Å²) in [6, 6.07) is 0.284. The molecular formula is C16H28N4O2. The summed E-state index contributed by atoms with van der Waals surface area (Å²) in [6.45, 7) is 9.04. The summed E-state index contributed by atoms with van der Waals surface area (Å²) in [4.78, 5) is 11.8. The maximum absolute atomic E-state index is 11.8. The van der Waals surface area contributed by atoms with E-state index in [2.05, 4.69) is 22.7 Å². The highest BCUT2D eigenvalue weighted by atomic mass is 16.6. The minimum absolute atomic E-state index is 0.284. The summed E-state index contributed by atoms with van der Waals surface area (Å²) in [5.41, 5.74) is 1.91. The first-order valence-electron chi connectivity index (χ1n) is 7.94. The predicted molar refractivity (Wildman–Crippen MR) is 85.5 cm³/mol. The van der Waals surface area contributed by atoms with E-state index in [0.29, 0.717) is 12.5 Å². The van der Waals surface area contributed by atoms with E-state index in [-0.39, 0.29) is 12.1 Å². The number of aryl methyl sites for hydroxylation is 1. The van der Waals surface area contributed by atoms with Crippen molar-refractivity contribution < 1.29 is 9.53 Å². The first-order chi connectivity index (χ1) is 10.3. The number of aromatic nitrogens is 2. The largest absolute Gasteiger partial charge is 0.444 e. The number of carbonyl (C=O) groups is 1. The molecule has 1 fully saturated rings. The van der Waals surface area contributed by atoms with Crippen LogP contribution >= 0.6 is 0 Å². The SMILES string of the molecule is Cc1c(CNC(CNC(=O)OC(C)(C)C)C2CC2)cnn1C. The highest BCUT2D eigenvalue weighted by Gasteiger charge is 2.31. The van der Waals surface area contributed by atoms with Gasteiger partial charge in [-0.3, -0.25) is 4.68 Å². The van der Waals surface area contributed by atoms with Gasteiger partial charge in [0, 0.05) is 37.4 Å². The van der Waals surface area contributed by atoms with Crippen molar-refractivity contribution in [2.75, 3.05) is 6.54 Å². The van der Waals surface area contributed by atoms with Crippen molar-refractivity contribution >= 4 is 6.09 Å². The van der Waals surface area contributed by atoms with Crippen molar-refractivity contribution in [1.82, 2.24) is 20.4 Å². The van der Waals surface area contributed by atoms with E-state index >= 15 is 0 Å².